The molecule has 0 aliphatic carbocycles. The molecule has 4 rings (SSSR count). The van der Waals surface area contributed by atoms with Gasteiger partial charge < -0.3 is 10.1 Å². The van der Waals surface area contributed by atoms with Crippen molar-refractivity contribution in [2.75, 3.05) is 11.9 Å². The van der Waals surface area contributed by atoms with Gasteiger partial charge in [0.1, 0.15) is 10.8 Å². The molecule has 0 fully saturated rings. The molecule has 2 heterocycles. The number of anilines is 1. The van der Waals surface area contributed by atoms with E-state index in [9.17, 15) is 18.8 Å². The Morgan fingerprint density at radius 1 is 1.21 bits per heavy atom. The summed E-state index contributed by atoms with van der Waals surface area (Å²) in [7, 11) is 0. The number of hydrogen-bond donors (Lipinski definition) is 1. The molecule has 0 spiro atoms. The Hall–Kier alpha value is -3.56. The number of amides is 1. The van der Waals surface area contributed by atoms with E-state index in [1.54, 1.807) is 24.4 Å². The molecule has 0 saturated heterocycles. The van der Waals surface area contributed by atoms with Crippen molar-refractivity contribution in [3.63, 3.8) is 0 Å². The van der Waals surface area contributed by atoms with Crippen LogP contribution >= 0.6 is 22.9 Å². The summed E-state index contributed by atoms with van der Waals surface area (Å²) < 4.78 is 19.6. The van der Waals surface area contributed by atoms with Crippen LogP contribution in [0.4, 0.5) is 9.39 Å². The van der Waals surface area contributed by atoms with Gasteiger partial charge in [0.05, 0.1) is 28.3 Å². The van der Waals surface area contributed by atoms with Gasteiger partial charge >= 0.3 is 5.97 Å². The Bertz CT molecular complexity index is 1450. The average molecular weight is 486 g/mol. The minimum Gasteiger partial charge on any atom is -0.461 e. The average Bonchev–Trinajstić information content (AvgIpc) is 3.19. The van der Waals surface area contributed by atoms with E-state index in [1.165, 1.54) is 6.07 Å². The van der Waals surface area contributed by atoms with Gasteiger partial charge in [0.2, 0.25) is 0 Å². The molecular formula is C23H17ClFN3O4S. The first-order valence-electron chi connectivity index (χ1n) is 9.85. The molecule has 168 valence electrons. The van der Waals surface area contributed by atoms with Crippen LogP contribution in [-0.4, -0.2) is 28.3 Å². The number of halogens is 2. The zero-order valence-corrected chi connectivity index (χ0v) is 19.1. The predicted octanol–water partition coefficient (Wildman–Crippen LogP) is 4.98. The lowest BCUT2D eigenvalue weighted by Gasteiger charge is -2.10. The van der Waals surface area contributed by atoms with Crippen molar-refractivity contribution in [1.82, 2.24) is 9.78 Å². The lowest BCUT2D eigenvalue weighted by atomic mass is 10.2. The molecule has 0 saturated carbocycles. The predicted molar refractivity (Wildman–Crippen MR) is 125 cm³/mol. The summed E-state index contributed by atoms with van der Waals surface area (Å²) >= 11 is 7.05. The Kier molecular flexibility index (Phi) is 6.26. The van der Waals surface area contributed by atoms with Gasteiger partial charge in [-0.15, -0.1) is 11.3 Å². The molecule has 0 aliphatic heterocycles. The van der Waals surface area contributed by atoms with Crippen molar-refractivity contribution in [3.05, 3.63) is 85.9 Å². The zero-order chi connectivity index (χ0) is 23.7. The van der Waals surface area contributed by atoms with Crippen LogP contribution in [0, 0.1) is 12.7 Å². The van der Waals surface area contributed by atoms with Crippen molar-refractivity contribution < 1.29 is 18.7 Å². The monoisotopic (exact) mass is 485 g/mol. The highest BCUT2D eigenvalue weighted by Gasteiger charge is 2.24. The summed E-state index contributed by atoms with van der Waals surface area (Å²) in [5.74, 6) is -1.90. The van der Waals surface area contributed by atoms with Crippen molar-refractivity contribution in [2.45, 2.75) is 13.8 Å². The van der Waals surface area contributed by atoms with E-state index in [0.717, 1.165) is 33.7 Å². The number of thiophene rings is 1. The van der Waals surface area contributed by atoms with Crippen LogP contribution in [0.1, 0.15) is 33.3 Å². The Balaban J connectivity index is 1.88. The first kappa shape index (κ1) is 22.6. The summed E-state index contributed by atoms with van der Waals surface area (Å²) in [5, 5.41) is 8.95. The highest BCUT2D eigenvalue weighted by atomic mass is 35.5. The fourth-order valence-electron chi connectivity index (χ4n) is 3.20. The molecule has 0 atom stereocenters. The van der Waals surface area contributed by atoms with Crippen LogP contribution in [0.15, 0.2) is 52.6 Å². The van der Waals surface area contributed by atoms with Crippen LogP contribution in [-0.2, 0) is 4.74 Å². The first-order valence-corrected chi connectivity index (χ1v) is 11.1. The third kappa shape index (κ3) is 4.37. The normalized spacial score (nSPS) is 10.9. The van der Waals surface area contributed by atoms with E-state index < -0.39 is 23.3 Å². The molecule has 1 N–H and O–H groups in total. The van der Waals surface area contributed by atoms with Gasteiger partial charge in [0.15, 0.2) is 5.69 Å². The van der Waals surface area contributed by atoms with E-state index >= 15 is 0 Å². The Morgan fingerprint density at radius 3 is 2.61 bits per heavy atom. The van der Waals surface area contributed by atoms with Gasteiger partial charge in [0, 0.05) is 10.8 Å². The quantitative estimate of drug-likeness (QED) is 0.403. The number of nitrogens with zero attached hydrogens (tertiary/aromatic N) is 2. The van der Waals surface area contributed by atoms with Crippen LogP contribution in [0.5, 0.6) is 0 Å². The highest BCUT2D eigenvalue weighted by Crippen LogP contribution is 2.31. The number of aromatic nitrogens is 2. The van der Waals surface area contributed by atoms with E-state index in [-0.39, 0.29) is 38.7 Å². The maximum absolute atomic E-state index is 13.4. The molecular weight excluding hydrogens is 469 g/mol. The van der Waals surface area contributed by atoms with Crippen LogP contribution in [0.3, 0.4) is 0 Å². The molecule has 0 radical (unpaired) electrons. The van der Waals surface area contributed by atoms with Crippen molar-refractivity contribution in [1.29, 1.82) is 0 Å². The second-order valence-corrected chi connectivity index (χ2v) is 8.34. The molecule has 1 amide bonds. The standard InChI is InChI=1S/C23H17ClFN3O4S/c1-3-32-23(31)19-16-11-33-21(26-20(29)15-9-6-13(25)10-17(15)24)18(16)22(30)28(27-19)14-7-4-12(2)5-8-14/h4-11H,3H2,1-2H3,(H,26,29). The molecule has 33 heavy (non-hydrogen) atoms. The summed E-state index contributed by atoms with van der Waals surface area (Å²) in [6, 6.07) is 10.4. The van der Waals surface area contributed by atoms with E-state index in [4.69, 9.17) is 16.3 Å². The molecule has 4 aromatic rings. The minimum absolute atomic E-state index is 0.0400. The maximum Gasteiger partial charge on any atom is 0.359 e. The van der Waals surface area contributed by atoms with Gasteiger partial charge in [-0.25, -0.2) is 9.18 Å². The molecule has 2 aromatic heterocycles. The number of carbonyl (C=O) groups excluding carboxylic acids is 2. The number of carbonyl (C=O) groups is 2. The third-order valence-electron chi connectivity index (χ3n) is 4.80. The number of aryl methyl sites for hydroxylation is 1. The molecule has 0 unspecified atom stereocenters. The van der Waals surface area contributed by atoms with Gasteiger partial charge in [0.25, 0.3) is 11.5 Å². The minimum atomic E-state index is -0.694. The van der Waals surface area contributed by atoms with E-state index in [2.05, 4.69) is 10.4 Å². The summed E-state index contributed by atoms with van der Waals surface area (Å²) in [6.07, 6.45) is 0. The highest BCUT2D eigenvalue weighted by molar-refractivity contribution is 7.16. The Labute approximate surface area is 196 Å². The number of ether oxygens (including phenoxy) is 1. The number of benzene rings is 2. The van der Waals surface area contributed by atoms with E-state index in [0.29, 0.717) is 5.69 Å². The van der Waals surface area contributed by atoms with Gasteiger partial charge in [-0.3, -0.25) is 9.59 Å². The molecule has 7 nitrogen and oxygen atoms in total. The number of nitrogens with one attached hydrogen (secondary N) is 1. The SMILES string of the molecule is CCOC(=O)c1nn(-c2ccc(C)cc2)c(=O)c2c(NC(=O)c3ccc(F)cc3Cl)scc12. The Morgan fingerprint density at radius 2 is 1.94 bits per heavy atom. The lowest BCUT2D eigenvalue weighted by molar-refractivity contribution is 0.0520. The molecule has 10 heteroatoms. The van der Waals surface area contributed by atoms with Gasteiger partial charge in [-0.1, -0.05) is 29.3 Å². The fourth-order valence-corrected chi connectivity index (χ4v) is 4.38. The summed E-state index contributed by atoms with van der Waals surface area (Å²) in [4.78, 5) is 38.8. The van der Waals surface area contributed by atoms with Gasteiger partial charge in [-0.05, 0) is 44.2 Å². The number of rotatable bonds is 5. The molecule has 0 bridgehead atoms. The number of esters is 1. The number of fused-ring (bicyclic) bond motifs is 1. The van der Waals surface area contributed by atoms with Crippen LogP contribution < -0.4 is 10.9 Å². The maximum atomic E-state index is 13.4. The molecule has 0 aliphatic rings. The fraction of sp³-hybridized carbons (Fsp3) is 0.130. The van der Waals surface area contributed by atoms with Crippen LogP contribution in [0.25, 0.3) is 16.5 Å². The summed E-state index contributed by atoms with van der Waals surface area (Å²) in [6.45, 7) is 3.69. The van der Waals surface area contributed by atoms with Crippen LogP contribution in [0.2, 0.25) is 5.02 Å². The van der Waals surface area contributed by atoms with Crippen molar-refractivity contribution >= 4 is 50.6 Å². The van der Waals surface area contributed by atoms with Crippen molar-refractivity contribution in [3.8, 4) is 5.69 Å². The summed E-state index contributed by atoms with van der Waals surface area (Å²) in [5.41, 5.74) is 0.895. The zero-order valence-electron chi connectivity index (χ0n) is 17.5. The topological polar surface area (TPSA) is 90.3 Å². The smallest absolute Gasteiger partial charge is 0.359 e. The second kappa shape index (κ2) is 9.13. The first-order chi connectivity index (χ1) is 15.8. The van der Waals surface area contributed by atoms with Crippen molar-refractivity contribution in [2.24, 2.45) is 0 Å². The lowest BCUT2D eigenvalue weighted by Crippen LogP contribution is -2.25. The van der Waals surface area contributed by atoms with E-state index in [1.807, 2.05) is 19.1 Å². The molecule has 2 aromatic carbocycles. The largest absolute Gasteiger partial charge is 0.461 e. The number of hydrogen-bond acceptors (Lipinski definition) is 6. The van der Waals surface area contributed by atoms with Gasteiger partial charge in [-0.2, -0.15) is 9.78 Å². The second-order valence-electron chi connectivity index (χ2n) is 7.05. The third-order valence-corrected chi connectivity index (χ3v) is 6.01.